The number of aromatic nitrogens is 4. The second-order valence-electron chi connectivity index (χ2n) is 3.79. The van der Waals surface area contributed by atoms with Crippen molar-refractivity contribution in [1.82, 2.24) is 20.2 Å². The van der Waals surface area contributed by atoms with Crippen LogP contribution in [-0.2, 0) is 6.54 Å². The second kappa shape index (κ2) is 5.91. The first-order valence-corrected chi connectivity index (χ1v) is 5.50. The largest absolute Gasteiger partial charge is 0.491 e. The highest BCUT2D eigenvalue weighted by Gasteiger charge is 2.08. The maximum absolute atomic E-state index is 10.7. The van der Waals surface area contributed by atoms with Crippen LogP contribution in [0.4, 0.5) is 0 Å². The Hall–Kier alpha value is -2.48. The van der Waals surface area contributed by atoms with Crippen LogP contribution in [0.25, 0.3) is 0 Å². The molecule has 0 saturated carbocycles. The van der Waals surface area contributed by atoms with Gasteiger partial charge < -0.3 is 14.9 Å². The Bertz CT molecular complexity index is 526. The number of hydrogen-bond donors (Lipinski definition) is 2. The van der Waals surface area contributed by atoms with Crippen molar-refractivity contribution in [3.8, 4) is 5.75 Å². The average molecular weight is 264 g/mol. The highest BCUT2D eigenvalue weighted by atomic mass is 16.5. The van der Waals surface area contributed by atoms with Gasteiger partial charge in [0.15, 0.2) is 6.33 Å². The molecule has 2 aromatic rings. The van der Waals surface area contributed by atoms with Gasteiger partial charge in [-0.2, -0.15) is 4.80 Å². The fraction of sp³-hybridized carbons (Fsp3) is 0.273. The molecule has 0 aliphatic rings. The normalized spacial score (nSPS) is 12.1. The van der Waals surface area contributed by atoms with Gasteiger partial charge in [-0.3, -0.25) is 0 Å². The predicted octanol–water partition coefficient (Wildman–Crippen LogP) is -0.189. The second-order valence-corrected chi connectivity index (χ2v) is 3.79. The molecule has 0 unspecified atom stereocenters. The molecule has 0 saturated heterocycles. The summed E-state index contributed by atoms with van der Waals surface area (Å²) < 4.78 is 5.32. The van der Waals surface area contributed by atoms with E-state index in [4.69, 9.17) is 9.84 Å². The van der Waals surface area contributed by atoms with E-state index in [2.05, 4.69) is 15.4 Å². The van der Waals surface area contributed by atoms with Crippen molar-refractivity contribution in [3.05, 3.63) is 36.2 Å². The van der Waals surface area contributed by atoms with Crippen molar-refractivity contribution < 1.29 is 19.7 Å². The van der Waals surface area contributed by atoms with Gasteiger partial charge in [0.25, 0.3) is 0 Å². The van der Waals surface area contributed by atoms with E-state index in [1.54, 1.807) is 0 Å². The highest BCUT2D eigenvalue weighted by molar-refractivity contribution is 5.87. The summed E-state index contributed by atoms with van der Waals surface area (Å²) in [4.78, 5) is 11.9. The van der Waals surface area contributed by atoms with E-state index >= 15 is 0 Å². The van der Waals surface area contributed by atoms with E-state index in [0.717, 1.165) is 0 Å². The van der Waals surface area contributed by atoms with Gasteiger partial charge in [-0.25, -0.2) is 4.79 Å². The van der Waals surface area contributed by atoms with Gasteiger partial charge in [-0.05, 0) is 29.5 Å². The van der Waals surface area contributed by atoms with Gasteiger partial charge in [0.1, 0.15) is 18.5 Å². The van der Waals surface area contributed by atoms with Crippen LogP contribution >= 0.6 is 0 Å². The van der Waals surface area contributed by atoms with Crippen molar-refractivity contribution in [1.29, 1.82) is 0 Å². The third-order valence-corrected chi connectivity index (χ3v) is 2.31. The number of aliphatic hydroxyl groups is 1. The van der Waals surface area contributed by atoms with Crippen LogP contribution < -0.4 is 4.74 Å². The molecule has 100 valence electrons. The third-order valence-electron chi connectivity index (χ3n) is 2.31. The molecule has 1 heterocycles. The molecule has 1 aromatic heterocycles. The third kappa shape index (κ3) is 3.75. The summed E-state index contributed by atoms with van der Waals surface area (Å²) in [6, 6.07) is 5.93. The summed E-state index contributed by atoms with van der Waals surface area (Å²) in [6.07, 6.45) is 0.492. The molecular formula is C11H12N4O4. The number of hydrogen-bond acceptors (Lipinski definition) is 6. The summed E-state index contributed by atoms with van der Waals surface area (Å²) in [5.41, 5.74) is 0.180. The molecule has 2 rings (SSSR count). The zero-order chi connectivity index (χ0) is 13.7. The molecule has 2 N–H and O–H groups in total. The molecule has 0 spiro atoms. The SMILES string of the molecule is O=C(O)c1ccc(OC[C@@H](O)Cn2ncnn2)cc1. The first-order valence-electron chi connectivity index (χ1n) is 5.50. The Morgan fingerprint density at radius 2 is 2.11 bits per heavy atom. The summed E-state index contributed by atoms with van der Waals surface area (Å²) in [6.45, 7) is 0.223. The molecule has 0 fully saturated rings. The minimum atomic E-state index is -0.996. The number of carboxylic acid groups (broad SMARTS) is 1. The number of nitrogens with zero attached hydrogens (tertiary/aromatic N) is 4. The van der Waals surface area contributed by atoms with E-state index in [1.807, 2.05) is 0 Å². The number of benzene rings is 1. The zero-order valence-corrected chi connectivity index (χ0v) is 9.88. The molecule has 1 atom stereocenters. The smallest absolute Gasteiger partial charge is 0.335 e. The fourth-order valence-electron chi connectivity index (χ4n) is 1.40. The molecule has 0 aliphatic heterocycles. The quantitative estimate of drug-likeness (QED) is 0.744. The maximum Gasteiger partial charge on any atom is 0.335 e. The summed E-state index contributed by atoms with van der Waals surface area (Å²) in [7, 11) is 0. The predicted molar refractivity (Wildman–Crippen MR) is 62.7 cm³/mol. The molecule has 8 nitrogen and oxygen atoms in total. The lowest BCUT2D eigenvalue weighted by Crippen LogP contribution is -2.24. The summed E-state index contributed by atoms with van der Waals surface area (Å²) >= 11 is 0. The number of aromatic carboxylic acids is 1. The van der Waals surface area contributed by atoms with Crippen LogP contribution in [0.1, 0.15) is 10.4 Å². The average Bonchev–Trinajstić information content (AvgIpc) is 2.89. The number of carboxylic acids is 1. The number of carbonyl (C=O) groups is 1. The number of aliphatic hydroxyl groups excluding tert-OH is 1. The van der Waals surface area contributed by atoms with E-state index < -0.39 is 12.1 Å². The van der Waals surface area contributed by atoms with E-state index in [-0.39, 0.29) is 18.7 Å². The van der Waals surface area contributed by atoms with Crippen molar-refractivity contribution in [2.24, 2.45) is 0 Å². The molecule has 8 heteroatoms. The molecule has 0 amide bonds. The molecule has 0 radical (unpaired) electrons. The first-order chi connectivity index (χ1) is 9.15. The van der Waals surface area contributed by atoms with Crippen molar-refractivity contribution in [2.45, 2.75) is 12.6 Å². The lowest BCUT2D eigenvalue weighted by molar-refractivity contribution is 0.0696. The van der Waals surface area contributed by atoms with Gasteiger partial charge >= 0.3 is 5.97 Å². The van der Waals surface area contributed by atoms with Crippen LogP contribution in [0.3, 0.4) is 0 Å². The van der Waals surface area contributed by atoms with Crippen LogP contribution in [0.5, 0.6) is 5.75 Å². The fourth-order valence-corrected chi connectivity index (χ4v) is 1.40. The summed E-state index contributed by atoms with van der Waals surface area (Å²) in [5, 5.41) is 29.3. The maximum atomic E-state index is 10.7. The molecule has 0 aliphatic carbocycles. The minimum Gasteiger partial charge on any atom is -0.491 e. The van der Waals surface area contributed by atoms with Crippen molar-refractivity contribution in [2.75, 3.05) is 6.61 Å². The Kier molecular flexibility index (Phi) is 4.04. The highest BCUT2D eigenvalue weighted by Crippen LogP contribution is 2.12. The lowest BCUT2D eigenvalue weighted by Gasteiger charge is -2.11. The van der Waals surface area contributed by atoms with Crippen LogP contribution in [0.2, 0.25) is 0 Å². The van der Waals surface area contributed by atoms with Gasteiger partial charge in [0.2, 0.25) is 0 Å². The molecular weight excluding hydrogens is 252 g/mol. The van der Waals surface area contributed by atoms with Crippen LogP contribution in [0, 0.1) is 0 Å². The van der Waals surface area contributed by atoms with Crippen LogP contribution in [0.15, 0.2) is 30.6 Å². The molecule has 19 heavy (non-hydrogen) atoms. The van der Waals surface area contributed by atoms with Crippen molar-refractivity contribution in [3.63, 3.8) is 0 Å². The topological polar surface area (TPSA) is 110 Å². The van der Waals surface area contributed by atoms with Gasteiger partial charge in [-0.1, -0.05) is 0 Å². The number of tetrazole rings is 1. The molecule has 1 aromatic carbocycles. The van der Waals surface area contributed by atoms with E-state index in [9.17, 15) is 9.90 Å². The van der Waals surface area contributed by atoms with Crippen LogP contribution in [-0.4, -0.2) is 49.1 Å². The van der Waals surface area contributed by atoms with E-state index in [1.165, 1.54) is 35.4 Å². The number of ether oxygens (including phenoxy) is 1. The Balaban J connectivity index is 1.83. The monoisotopic (exact) mass is 264 g/mol. The number of rotatable bonds is 6. The Morgan fingerprint density at radius 1 is 1.37 bits per heavy atom. The Labute approximate surface area is 108 Å². The van der Waals surface area contributed by atoms with E-state index in [0.29, 0.717) is 5.75 Å². The van der Waals surface area contributed by atoms with Gasteiger partial charge in [0.05, 0.1) is 12.1 Å². The lowest BCUT2D eigenvalue weighted by atomic mass is 10.2. The Morgan fingerprint density at radius 3 is 2.68 bits per heavy atom. The minimum absolute atomic E-state index is 0.0496. The standard InChI is InChI=1S/C11H12N4O4/c16-9(5-15-13-7-12-14-15)6-19-10-3-1-8(2-4-10)11(17)18/h1-4,7,9,16H,5-6H2,(H,17,18)/t9-/m0/s1. The zero-order valence-electron chi connectivity index (χ0n) is 9.88. The first kappa shape index (κ1) is 13.0. The summed E-state index contributed by atoms with van der Waals surface area (Å²) in [5.74, 6) is -0.514. The van der Waals surface area contributed by atoms with Gasteiger partial charge in [-0.15, -0.1) is 10.2 Å². The molecule has 0 bridgehead atoms. The van der Waals surface area contributed by atoms with Gasteiger partial charge in [0, 0.05) is 0 Å². The van der Waals surface area contributed by atoms with Crippen molar-refractivity contribution >= 4 is 5.97 Å².